The third-order valence-electron chi connectivity index (χ3n) is 2.35. The molecule has 1 atom stereocenters. The molecule has 0 bridgehead atoms. The Morgan fingerprint density at radius 1 is 1.37 bits per heavy atom. The maximum absolute atomic E-state index is 9.73. The Bertz CT molecular complexity index is 379. The van der Waals surface area contributed by atoms with E-state index in [1.807, 2.05) is 19.1 Å². The number of aliphatic hydroxyl groups is 1. The molecule has 0 saturated heterocycles. The van der Waals surface area contributed by atoms with Crippen LogP contribution in [0.4, 0.5) is 5.69 Å². The van der Waals surface area contributed by atoms with Crippen molar-refractivity contribution < 1.29 is 14.6 Å². The monoisotopic (exact) mass is 351 g/mol. The maximum atomic E-state index is 9.73. The van der Waals surface area contributed by atoms with Gasteiger partial charge in [-0.25, -0.2) is 0 Å². The molecule has 0 saturated carbocycles. The zero-order valence-corrected chi connectivity index (χ0v) is 13.2. The van der Waals surface area contributed by atoms with E-state index in [9.17, 15) is 5.11 Å². The second-order valence-electron chi connectivity index (χ2n) is 3.93. The summed E-state index contributed by atoms with van der Waals surface area (Å²) in [4.78, 5) is 0. The summed E-state index contributed by atoms with van der Waals surface area (Å²) in [6, 6.07) is 5.54. The van der Waals surface area contributed by atoms with Gasteiger partial charge in [-0.2, -0.15) is 0 Å². The van der Waals surface area contributed by atoms with Gasteiger partial charge >= 0.3 is 0 Å². The average molecular weight is 353 g/mol. The van der Waals surface area contributed by atoms with E-state index in [2.05, 4.69) is 21.2 Å². The van der Waals surface area contributed by atoms with Crippen molar-refractivity contribution >= 4 is 33.2 Å². The van der Waals surface area contributed by atoms with Crippen LogP contribution in [0.15, 0.2) is 22.7 Å². The predicted molar refractivity (Wildman–Crippen MR) is 81.0 cm³/mol. The lowest BCUT2D eigenvalue weighted by Gasteiger charge is -2.14. The number of aliphatic hydroxyl groups excluding tert-OH is 1. The highest BCUT2D eigenvalue weighted by molar-refractivity contribution is 9.10. The molecular formula is C13H19BrClNO3. The van der Waals surface area contributed by atoms with Crippen LogP contribution in [-0.2, 0) is 9.47 Å². The smallest absolute Gasteiger partial charge is 0.0945 e. The number of hydrogen-bond donors (Lipinski definition) is 2. The van der Waals surface area contributed by atoms with E-state index in [0.717, 1.165) is 10.2 Å². The van der Waals surface area contributed by atoms with E-state index < -0.39 is 6.10 Å². The van der Waals surface area contributed by atoms with Crippen LogP contribution in [0, 0.1) is 0 Å². The number of anilines is 1. The highest BCUT2D eigenvalue weighted by Crippen LogP contribution is 2.25. The summed E-state index contributed by atoms with van der Waals surface area (Å²) in [7, 11) is 0. The average Bonchev–Trinajstić information content (AvgIpc) is 2.37. The largest absolute Gasteiger partial charge is 0.389 e. The van der Waals surface area contributed by atoms with Gasteiger partial charge in [0.1, 0.15) is 0 Å². The van der Waals surface area contributed by atoms with Gasteiger partial charge in [-0.15, -0.1) is 0 Å². The fourth-order valence-corrected chi connectivity index (χ4v) is 2.14. The normalized spacial score (nSPS) is 12.4. The van der Waals surface area contributed by atoms with Gasteiger partial charge in [-0.3, -0.25) is 0 Å². The first-order chi connectivity index (χ1) is 9.13. The minimum atomic E-state index is -0.582. The summed E-state index contributed by atoms with van der Waals surface area (Å²) in [5, 5.41) is 13.4. The Morgan fingerprint density at radius 2 is 2.11 bits per heavy atom. The van der Waals surface area contributed by atoms with Gasteiger partial charge in [0.25, 0.3) is 0 Å². The van der Waals surface area contributed by atoms with Crippen molar-refractivity contribution in [1.82, 2.24) is 0 Å². The molecule has 1 unspecified atom stereocenters. The highest BCUT2D eigenvalue weighted by Gasteiger charge is 2.06. The van der Waals surface area contributed by atoms with Crippen molar-refractivity contribution in [2.75, 3.05) is 38.3 Å². The molecule has 6 heteroatoms. The number of ether oxygens (including phenoxy) is 2. The van der Waals surface area contributed by atoms with Gasteiger partial charge in [0, 0.05) is 17.6 Å². The third-order valence-corrected chi connectivity index (χ3v) is 3.15. The molecule has 0 aliphatic carbocycles. The molecular weight excluding hydrogens is 334 g/mol. The summed E-state index contributed by atoms with van der Waals surface area (Å²) in [5.41, 5.74) is 0.790. The molecule has 0 amide bonds. The molecule has 4 nitrogen and oxygen atoms in total. The summed E-state index contributed by atoms with van der Waals surface area (Å²) in [5.74, 6) is 0. The van der Waals surface area contributed by atoms with Crippen molar-refractivity contribution in [3.05, 3.63) is 27.7 Å². The van der Waals surface area contributed by atoms with Gasteiger partial charge in [-0.1, -0.05) is 27.5 Å². The van der Waals surface area contributed by atoms with Crippen LogP contribution in [0.5, 0.6) is 0 Å². The minimum Gasteiger partial charge on any atom is -0.389 e. The summed E-state index contributed by atoms with van der Waals surface area (Å²) in [6.45, 7) is 4.31. The van der Waals surface area contributed by atoms with Gasteiger partial charge in [0.05, 0.1) is 36.6 Å². The molecule has 0 fully saturated rings. The molecule has 1 rings (SSSR count). The van der Waals surface area contributed by atoms with Crippen molar-refractivity contribution in [3.63, 3.8) is 0 Å². The first-order valence-corrected chi connectivity index (χ1v) is 7.33. The van der Waals surface area contributed by atoms with Gasteiger partial charge in [0.15, 0.2) is 0 Å². The van der Waals surface area contributed by atoms with E-state index in [1.54, 1.807) is 6.07 Å². The Labute approximate surface area is 127 Å². The molecule has 0 radical (unpaired) electrons. The number of benzene rings is 1. The first kappa shape index (κ1) is 16.7. The summed E-state index contributed by atoms with van der Waals surface area (Å²) >= 11 is 9.39. The molecule has 0 aliphatic rings. The Hall–Kier alpha value is -0.330. The molecule has 0 aromatic heterocycles. The van der Waals surface area contributed by atoms with E-state index >= 15 is 0 Å². The number of rotatable bonds is 9. The van der Waals surface area contributed by atoms with Crippen molar-refractivity contribution in [2.45, 2.75) is 13.0 Å². The lowest BCUT2D eigenvalue weighted by Crippen LogP contribution is -2.25. The molecule has 19 heavy (non-hydrogen) atoms. The summed E-state index contributed by atoms with van der Waals surface area (Å²) < 4.78 is 11.3. The molecule has 108 valence electrons. The van der Waals surface area contributed by atoms with E-state index in [-0.39, 0.29) is 6.61 Å². The van der Waals surface area contributed by atoms with Crippen molar-refractivity contribution in [2.24, 2.45) is 0 Å². The topological polar surface area (TPSA) is 50.7 Å². The minimum absolute atomic E-state index is 0.272. The molecule has 0 heterocycles. The SMILES string of the molecule is CCOCCOCC(O)CNc1ccc(Br)cc1Cl. The second kappa shape index (κ2) is 9.55. The van der Waals surface area contributed by atoms with Crippen LogP contribution in [0.3, 0.4) is 0 Å². The molecule has 0 aliphatic heterocycles. The number of halogens is 2. The van der Waals surface area contributed by atoms with Gasteiger partial charge in [0.2, 0.25) is 0 Å². The zero-order valence-electron chi connectivity index (χ0n) is 10.9. The first-order valence-electron chi connectivity index (χ1n) is 6.16. The standard InChI is InChI=1S/C13H19BrClNO3/c1-2-18-5-6-19-9-11(17)8-16-13-4-3-10(14)7-12(13)15/h3-4,7,11,16-17H,2,5-6,8-9H2,1H3. The Morgan fingerprint density at radius 3 is 2.79 bits per heavy atom. The van der Waals surface area contributed by atoms with Crippen LogP contribution in [0.1, 0.15) is 6.92 Å². The fraction of sp³-hybridized carbons (Fsp3) is 0.538. The fourth-order valence-electron chi connectivity index (χ4n) is 1.40. The summed E-state index contributed by atoms with van der Waals surface area (Å²) in [6.07, 6.45) is -0.582. The van der Waals surface area contributed by atoms with Crippen LogP contribution in [0.25, 0.3) is 0 Å². The number of hydrogen-bond acceptors (Lipinski definition) is 4. The Kier molecular flexibility index (Phi) is 8.41. The number of nitrogens with one attached hydrogen (secondary N) is 1. The third kappa shape index (κ3) is 7.13. The Balaban J connectivity index is 2.20. The van der Waals surface area contributed by atoms with Crippen LogP contribution in [0.2, 0.25) is 5.02 Å². The van der Waals surface area contributed by atoms with E-state index in [0.29, 0.717) is 31.4 Å². The molecule has 1 aromatic rings. The van der Waals surface area contributed by atoms with Crippen LogP contribution >= 0.6 is 27.5 Å². The van der Waals surface area contributed by atoms with Crippen LogP contribution < -0.4 is 5.32 Å². The van der Waals surface area contributed by atoms with E-state index in [1.165, 1.54) is 0 Å². The molecule has 2 N–H and O–H groups in total. The molecule has 1 aromatic carbocycles. The van der Waals surface area contributed by atoms with Crippen molar-refractivity contribution in [1.29, 1.82) is 0 Å². The lowest BCUT2D eigenvalue weighted by molar-refractivity contribution is 0.0103. The van der Waals surface area contributed by atoms with Gasteiger partial charge in [-0.05, 0) is 25.1 Å². The second-order valence-corrected chi connectivity index (χ2v) is 5.25. The van der Waals surface area contributed by atoms with Crippen LogP contribution in [-0.4, -0.2) is 44.2 Å². The lowest BCUT2D eigenvalue weighted by atomic mass is 10.3. The molecule has 0 spiro atoms. The quantitative estimate of drug-likeness (QED) is 0.671. The maximum Gasteiger partial charge on any atom is 0.0945 e. The van der Waals surface area contributed by atoms with Crippen molar-refractivity contribution in [3.8, 4) is 0 Å². The van der Waals surface area contributed by atoms with Gasteiger partial charge < -0.3 is 19.9 Å². The predicted octanol–water partition coefficient (Wildman–Crippen LogP) is 2.93. The zero-order chi connectivity index (χ0) is 14.1. The highest BCUT2D eigenvalue weighted by atomic mass is 79.9. The van der Waals surface area contributed by atoms with E-state index in [4.69, 9.17) is 21.1 Å².